The average molecular weight is 311 g/mol. The average Bonchev–Trinajstić information content (AvgIpc) is 2.28. The van der Waals surface area contributed by atoms with E-state index in [-0.39, 0.29) is 6.54 Å². The van der Waals surface area contributed by atoms with E-state index in [0.29, 0.717) is 19.8 Å². The van der Waals surface area contributed by atoms with Gasteiger partial charge in [0.25, 0.3) is 0 Å². The number of rotatable bonds is 10. The molecular weight excluding hydrogens is 292 g/mol. The Morgan fingerprint density at radius 2 is 1.50 bits per heavy atom. The fraction of sp³-hybridized carbons (Fsp3) is 1.00. The van der Waals surface area contributed by atoms with Crippen molar-refractivity contribution in [3.63, 3.8) is 0 Å². The number of hydrogen-bond donors (Lipinski definition) is 1. The number of ether oxygens (including phenoxy) is 2. The van der Waals surface area contributed by atoms with Crippen LogP contribution >= 0.6 is 0 Å². The van der Waals surface area contributed by atoms with Gasteiger partial charge in [0.2, 0.25) is 6.10 Å². The molecule has 0 aliphatic heterocycles. The molecule has 0 atom stereocenters. The van der Waals surface area contributed by atoms with E-state index in [2.05, 4.69) is 10.1 Å². The second-order valence-corrected chi connectivity index (χ2v) is 3.99. The highest BCUT2D eigenvalue weighted by molar-refractivity contribution is 4.76. The summed E-state index contributed by atoms with van der Waals surface area (Å²) in [7, 11) is 0. The highest BCUT2D eigenvalue weighted by Crippen LogP contribution is 2.35. The van der Waals surface area contributed by atoms with E-state index < -0.39 is 25.1 Å². The number of alkyl halides is 6. The van der Waals surface area contributed by atoms with E-state index in [1.54, 1.807) is 0 Å². The molecule has 0 bridgehead atoms. The quantitative estimate of drug-likeness (QED) is 0.497. The van der Waals surface area contributed by atoms with Gasteiger partial charge in [0, 0.05) is 19.8 Å². The second kappa shape index (κ2) is 9.41. The smallest absolute Gasteiger partial charge is 0.382 e. The molecule has 0 aromatic carbocycles. The summed E-state index contributed by atoms with van der Waals surface area (Å²) in [5.41, 5.74) is 0. The van der Waals surface area contributed by atoms with Crippen LogP contribution in [0.3, 0.4) is 0 Å². The van der Waals surface area contributed by atoms with Crippen molar-refractivity contribution in [1.29, 1.82) is 0 Å². The van der Waals surface area contributed by atoms with Gasteiger partial charge in [-0.05, 0) is 26.3 Å². The van der Waals surface area contributed by atoms with Crippen LogP contribution in [-0.2, 0) is 9.47 Å². The van der Waals surface area contributed by atoms with Crippen molar-refractivity contribution in [3.05, 3.63) is 0 Å². The highest BCUT2D eigenvalue weighted by atomic mass is 19.4. The summed E-state index contributed by atoms with van der Waals surface area (Å²) in [6, 6.07) is 0. The highest BCUT2D eigenvalue weighted by Gasteiger charge is 2.57. The Hall–Kier alpha value is -0.540. The maximum Gasteiger partial charge on any atom is 0.423 e. The third-order valence-electron chi connectivity index (χ3n) is 2.25. The molecule has 3 nitrogen and oxygen atoms in total. The first-order valence-corrected chi connectivity index (χ1v) is 6.23. The van der Waals surface area contributed by atoms with Crippen LogP contribution in [0.2, 0.25) is 0 Å². The van der Waals surface area contributed by atoms with E-state index in [9.17, 15) is 26.3 Å². The zero-order chi connectivity index (χ0) is 15.6. The van der Waals surface area contributed by atoms with Crippen LogP contribution in [0, 0.1) is 0 Å². The number of hydrogen-bond acceptors (Lipinski definition) is 3. The summed E-state index contributed by atoms with van der Waals surface area (Å²) in [4.78, 5) is 0. The zero-order valence-electron chi connectivity index (χ0n) is 11.1. The lowest BCUT2D eigenvalue weighted by Crippen LogP contribution is -2.45. The second-order valence-electron chi connectivity index (χ2n) is 3.99. The van der Waals surface area contributed by atoms with Crippen LogP contribution in [0.4, 0.5) is 26.3 Å². The topological polar surface area (TPSA) is 30.5 Å². The monoisotopic (exact) mass is 311 g/mol. The SMILES string of the molecule is CCOCCCCNCCOC(C(F)(F)F)C(F)(F)F. The minimum Gasteiger partial charge on any atom is -0.382 e. The van der Waals surface area contributed by atoms with Crippen molar-refractivity contribution in [2.24, 2.45) is 0 Å². The van der Waals surface area contributed by atoms with Gasteiger partial charge in [0.1, 0.15) is 0 Å². The van der Waals surface area contributed by atoms with Gasteiger partial charge in [-0.15, -0.1) is 0 Å². The molecule has 0 fully saturated rings. The Bertz CT molecular complexity index is 230. The number of halogens is 6. The standard InChI is InChI=1S/C11H19F6NO2/c1-2-19-7-4-3-5-18-6-8-20-9(10(12,13)14)11(15,16)17/h9,18H,2-8H2,1H3. The van der Waals surface area contributed by atoms with Gasteiger partial charge < -0.3 is 14.8 Å². The Morgan fingerprint density at radius 3 is 2.00 bits per heavy atom. The molecule has 9 heteroatoms. The largest absolute Gasteiger partial charge is 0.423 e. The van der Waals surface area contributed by atoms with Gasteiger partial charge in [-0.25, -0.2) is 0 Å². The number of nitrogens with one attached hydrogen (secondary N) is 1. The summed E-state index contributed by atoms with van der Waals surface area (Å²) in [5, 5.41) is 2.71. The van der Waals surface area contributed by atoms with E-state index >= 15 is 0 Å². The Kier molecular flexibility index (Phi) is 9.15. The lowest BCUT2D eigenvalue weighted by Gasteiger charge is -2.23. The van der Waals surface area contributed by atoms with Gasteiger partial charge in [-0.3, -0.25) is 0 Å². The van der Waals surface area contributed by atoms with E-state index in [4.69, 9.17) is 4.74 Å². The third-order valence-corrected chi connectivity index (χ3v) is 2.25. The van der Waals surface area contributed by atoms with Crippen molar-refractivity contribution in [3.8, 4) is 0 Å². The van der Waals surface area contributed by atoms with Crippen LogP contribution in [-0.4, -0.2) is 51.4 Å². The molecule has 0 heterocycles. The van der Waals surface area contributed by atoms with Crippen molar-refractivity contribution in [2.45, 2.75) is 38.2 Å². The fourth-order valence-corrected chi connectivity index (χ4v) is 1.35. The molecule has 0 aliphatic rings. The molecule has 0 unspecified atom stereocenters. The molecule has 1 N–H and O–H groups in total. The summed E-state index contributed by atoms with van der Waals surface area (Å²) in [6.45, 7) is 2.80. The van der Waals surface area contributed by atoms with E-state index in [0.717, 1.165) is 12.8 Å². The molecule has 0 amide bonds. The van der Waals surface area contributed by atoms with Gasteiger partial charge in [0.15, 0.2) is 0 Å². The molecular formula is C11H19F6NO2. The van der Waals surface area contributed by atoms with Crippen molar-refractivity contribution < 1.29 is 35.8 Å². The molecule has 0 radical (unpaired) electrons. The molecule has 0 aromatic rings. The van der Waals surface area contributed by atoms with Crippen molar-refractivity contribution in [2.75, 3.05) is 32.9 Å². The molecule has 0 spiro atoms. The van der Waals surface area contributed by atoms with E-state index in [1.807, 2.05) is 6.92 Å². The van der Waals surface area contributed by atoms with Gasteiger partial charge in [-0.1, -0.05) is 0 Å². The molecule has 0 aromatic heterocycles. The minimum atomic E-state index is -5.45. The minimum absolute atomic E-state index is 0.0721. The Labute approximate surface area is 113 Å². The van der Waals surface area contributed by atoms with Crippen molar-refractivity contribution >= 4 is 0 Å². The molecule has 0 rings (SSSR count). The summed E-state index contributed by atoms with van der Waals surface area (Å²) < 4.78 is 81.5. The van der Waals surface area contributed by atoms with Crippen LogP contribution in [0.25, 0.3) is 0 Å². The lowest BCUT2D eigenvalue weighted by molar-refractivity contribution is -0.321. The maximum atomic E-state index is 12.1. The predicted octanol–water partition coefficient (Wildman–Crippen LogP) is 2.90. The number of unbranched alkanes of at least 4 members (excludes halogenated alkanes) is 1. The molecule has 0 saturated carbocycles. The normalized spacial score (nSPS) is 13.2. The van der Waals surface area contributed by atoms with Crippen LogP contribution in [0.15, 0.2) is 0 Å². The van der Waals surface area contributed by atoms with Gasteiger partial charge in [-0.2, -0.15) is 26.3 Å². The molecule has 0 saturated heterocycles. The van der Waals surface area contributed by atoms with Crippen molar-refractivity contribution in [1.82, 2.24) is 5.32 Å². The Morgan fingerprint density at radius 1 is 0.900 bits per heavy atom. The zero-order valence-corrected chi connectivity index (χ0v) is 11.1. The maximum absolute atomic E-state index is 12.1. The van der Waals surface area contributed by atoms with Crippen LogP contribution in [0.5, 0.6) is 0 Å². The van der Waals surface area contributed by atoms with E-state index in [1.165, 1.54) is 0 Å². The molecule has 0 aliphatic carbocycles. The fourth-order valence-electron chi connectivity index (χ4n) is 1.35. The lowest BCUT2D eigenvalue weighted by atomic mass is 10.3. The summed E-state index contributed by atoms with van der Waals surface area (Å²) in [6.07, 6.45) is -13.1. The molecule has 20 heavy (non-hydrogen) atoms. The summed E-state index contributed by atoms with van der Waals surface area (Å²) in [5.74, 6) is 0. The molecule has 122 valence electrons. The first kappa shape index (κ1) is 19.5. The van der Waals surface area contributed by atoms with Gasteiger partial charge >= 0.3 is 12.4 Å². The Balaban J connectivity index is 3.71. The third kappa shape index (κ3) is 9.38. The summed E-state index contributed by atoms with van der Waals surface area (Å²) >= 11 is 0. The first-order valence-electron chi connectivity index (χ1n) is 6.23. The first-order chi connectivity index (χ1) is 9.19. The van der Waals surface area contributed by atoms with Crippen LogP contribution < -0.4 is 5.32 Å². The van der Waals surface area contributed by atoms with Crippen LogP contribution in [0.1, 0.15) is 19.8 Å². The van der Waals surface area contributed by atoms with Gasteiger partial charge in [0.05, 0.1) is 6.61 Å². The predicted molar refractivity (Wildman–Crippen MR) is 60.4 cm³/mol.